The molecule has 1 aliphatic heterocycles. The molecule has 1 unspecified atom stereocenters. The van der Waals surface area contributed by atoms with Crippen LogP contribution in [0, 0.1) is 0 Å². The summed E-state index contributed by atoms with van der Waals surface area (Å²) < 4.78 is 1.99. The summed E-state index contributed by atoms with van der Waals surface area (Å²) in [6.45, 7) is 6.48. The van der Waals surface area contributed by atoms with Crippen molar-refractivity contribution in [3.05, 3.63) is 18.0 Å². The van der Waals surface area contributed by atoms with Gasteiger partial charge in [-0.15, -0.1) is 0 Å². The summed E-state index contributed by atoms with van der Waals surface area (Å²) in [6.07, 6.45) is 5.63. The molecule has 2 heterocycles. The van der Waals surface area contributed by atoms with Gasteiger partial charge in [0.1, 0.15) is 0 Å². The van der Waals surface area contributed by atoms with Gasteiger partial charge in [0.25, 0.3) is 0 Å². The van der Waals surface area contributed by atoms with Crippen LogP contribution in [0.4, 0.5) is 0 Å². The van der Waals surface area contributed by atoms with E-state index in [2.05, 4.69) is 29.9 Å². The molecule has 0 aliphatic carbocycles. The molecule has 2 rings (SSSR count). The lowest BCUT2D eigenvalue weighted by Crippen LogP contribution is -2.41. The zero-order valence-electron chi connectivity index (χ0n) is 10.8. The van der Waals surface area contributed by atoms with Crippen molar-refractivity contribution in [3.8, 4) is 0 Å². The molecule has 4 nitrogen and oxygen atoms in total. The summed E-state index contributed by atoms with van der Waals surface area (Å²) in [4.78, 5) is 2.36. The number of aliphatic hydroxyl groups excluding tert-OH is 1. The monoisotopic (exact) mass is 237 g/mol. The average Bonchev–Trinajstić information content (AvgIpc) is 2.78. The van der Waals surface area contributed by atoms with E-state index in [4.69, 9.17) is 0 Å². The first kappa shape index (κ1) is 12.6. The molecule has 1 aromatic heterocycles. The van der Waals surface area contributed by atoms with Gasteiger partial charge in [0.2, 0.25) is 0 Å². The maximum atomic E-state index is 9.37. The molecule has 1 N–H and O–H groups in total. The number of rotatable bonds is 4. The number of piperidine rings is 1. The smallest absolute Gasteiger partial charge is 0.0765 e. The normalized spacial score (nSPS) is 22.2. The van der Waals surface area contributed by atoms with Gasteiger partial charge in [0.15, 0.2) is 0 Å². The molecule has 1 atom stereocenters. The SMILES string of the molecule is CC(C)n1ccc(CN2CCCCC2CO)n1. The second kappa shape index (κ2) is 5.65. The van der Waals surface area contributed by atoms with Crippen molar-refractivity contribution in [3.63, 3.8) is 0 Å². The Morgan fingerprint density at radius 2 is 2.29 bits per heavy atom. The van der Waals surface area contributed by atoms with Crippen molar-refractivity contribution in [1.29, 1.82) is 0 Å². The molecule has 1 saturated heterocycles. The number of hydrogen-bond donors (Lipinski definition) is 1. The van der Waals surface area contributed by atoms with Gasteiger partial charge in [-0.3, -0.25) is 9.58 Å². The molecule has 0 amide bonds. The standard InChI is InChI=1S/C13H23N3O/c1-11(2)16-8-6-12(14-16)9-15-7-4-3-5-13(15)10-17/h6,8,11,13,17H,3-5,7,9-10H2,1-2H3. The molecular formula is C13H23N3O. The van der Waals surface area contributed by atoms with E-state index >= 15 is 0 Å². The first-order valence-corrected chi connectivity index (χ1v) is 6.59. The lowest BCUT2D eigenvalue weighted by Gasteiger charge is -2.33. The summed E-state index contributed by atoms with van der Waals surface area (Å²) in [5, 5.41) is 13.9. The molecule has 4 heteroatoms. The topological polar surface area (TPSA) is 41.3 Å². The highest BCUT2D eigenvalue weighted by atomic mass is 16.3. The van der Waals surface area contributed by atoms with Crippen LogP contribution in [-0.2, 0) is 6.54 Å². The van der Waals surface area contributed by atoms with Crippen molar-refractivity contribution in [2.24, 2.45) is 0 Å². The van der Waals surface area contributed by atoms with Gasteiger partial charge in [0.05, 0.1) is 12.3 Å². The Morgan fingerprint density at radius 3 is 2.94 bits per heavy atom. The Labute approximate surface area is 103 Å². The fourth-order valence-corrected chi connectivity index (χ4v) is 2.43. The fraction of sp³-hybridized carbons (Fsp3) is 0.769. The second-order valence-corrected chi connectivity index (χ2v) is 5.18. The van der Waals surface area contributed by atoms with Crippen LogP contribution < -0.4 is 0 Å². The van der Waals surface area contributed by atoms with Crippen LogP contribution in [0.2, 0.25) is 0 Å². The lowest BCUT2D eigenvalue weighted by atomic mass is 10.0. The fourth-order valence-electron chi connectivity index (χ4n) is 2.43. The average molecular weight is 237 g/mol. The first-order chi connectivity index (χ1) is 8.20. The van der Waals surface area contributed by atoms with Crippen molar-refractivity contribution in [2.45, 2.75) is 51.7 Å². The van der Waals surface area contributed by atoms with E-state index in [0.29, 0.717) is 12.1 Å². The van der Waals surface area contributed by atoms with Crippen molar-refractivity contribution >= 4 is 0 Å². The maximum Gasteiger partial charge on any atom is 0.0765 e. The minimum absolute atomic E-state index is 0.269. The van der Waals surface area contributed by atoms with Gasteiger partial charge in [-0.2, -0.15) is 5.10 Å². The van der Waals surface area contributed by atoms with E-state index in [0.717, 1.165) is 25.2 Å². The van der Waals surface area contributed by atoms with Gasteiger partial charge in [-0.1, -0.05) is 6.42 Å². The lowest BCUT2D eigenvalue weighted by molar-refractivity contribution is 0.0828. The molecule has 0 aromatic carbocycles. The molecule has 0 spiro atoms. The molecule has 1 aliphatic rings. The van der Waals surface area contributed by atoms with Gasteiger partial charge in [0, 0.05) is 24.8 Å². The highest BCUT2D eigenvalue weighted by Gasteiger charge is 2.22. The highest BCUT2D eigenvalue weighted by molar-refractivity contribution is 5.00. The molecule has 0 saturated carbocycles. The summed E-state index contributed by atoms with van der Waals surface area (Å²) in [5.41, 5.74) is 1.11. The van der Waals surface area contributed by atoms with Crippen LogP contribution in [0.1, 0.15) is 44.8 Å². The van der Waals surface area contributed by atoms with Gasteiger partial charge < -0.3 is 5.11 Å². The van der Waals surface area contributed by atoms with Crippen LogP contribution in [0.25, 0.3) is 0 Å². The van der Waals surface area contributed by atoms with Gasteiger partial charge in [-0.05, 0) is 39.3 Å². The Bertz CT molecular complexity index is 348. The Morgan fingerprint density at radius 1 is 1.47 bits per heavy atom. The first-order valence-electron chi connectivity index (χ1n) is 6.59. The minimum Gasteiger partial charge on any atom is -0.395 e. The highest BCUT2D eigenvalue weighted by Crippen LogP contribution is 2.19. The van der Waals surface area contributed by atoms with E-state index in [9.17, 15) is 5.11 Å². The van der Waals surface area contributed by atoms with Crippen LogP contribution in [0.3, 0.4) is 0 Å². The predicted molar refractivity (Wildman–Crippen MR) is 67.7 cm³/mol. The van der Waals surface area contributed by atoms with Crippen molar-refractivity contribution in [2.75, 3.05) is 13.2 Å². The van der Waals surface area contributed by atoms with E-state index in [1.807, 2.05) is 10.9 Å². The molecular weight excluding hydrogens is 214 g/mol. The molecule has 1 fully saturated rings. The minimum atomic E-state index is 0.269. The number of nitrogens with zero attached hydrogens (tertiary/aromatic N) is 3. The summed E-state index contributed by atoms with van der Waals surface area (Å²) >= 11 is 0. The van der Waals surface area contributed by atoms with E-state index in [-0.39, 0.29) is 6.61 Å². The van der Waals surface area contributed by atoms with E-state index < -0.39 is 0 Å². The molecule has 0 radical (unpaired) electrons. The maximum absolute atomic E-state index is 9.37. The molecule has 96 valence electrons. The Hall–Kier alpha value is -0.870. The van der Waals surface area contributed by atoms with Crippen LogP contribution >= 0.6 is 0 Å². The number of hydrogen-bond acceptors (Lipinski definition) is 3. The molecule has 1 aromatic rings. The van der Waals surface area contributed by atoms with Crippen molar-refractivity contribution in [1.82, 2.24) is 14.7 Å². The largest absolute Gasteiger partial charge is 0.395 e. The summed E-state index contributed by atoms with van der Waals surface area (Å²) in [5.74, 6) is 0. The zero-order valence-corrected chi connectivity index (χ0v) is 10.8. The summed E-state index contributed by atoms with van der Waals surface area (Å²) in [6, 6.07) is 2.83. The third-order valence-electron chi connectivity index (χ3n) is 3.52. The van der Waals surface area contributed by atoms with Crippen LogP contribution in [0.5, 0.6) is 0 Å². The summed E-state index contributed by atoms with van der Waals surface area (Å²) in [7, 11) is 0. The predicted octanol–water partition coefficient (Wildman–Crippen LogP) is 1.81. The number of aliphatic hydroxyl groups is 1. The van der Waals surface area contributed by atoms with Crippen LogP contribution in [0.15, 0.2) is 12.3 Å². The van der Waals surface area contributed by atoms with E-state index in [1.54, 1.807) is 0 Å². The molecule has 0 bridgehead atoms. The third-order valence-corrected chi connectivity index (χ3v) is 3.52. The molecule has 17 heavy (non-hydrogen) atoms. The second-order valence-electron chi connectivity index (χ2n) is 5.18. The van der Waals surface area contributed by atoms with Crippen molar-refractivity contribution < 1.29 is 5.11 Å². The third kappa shape index (κ3) is 3.07. The number of likely N-dealkylation sites (tertiary alicyclic amines) is 1. The van der Waals surface area contributed by atoms with Gasteiger partial charge >= 0.3 is 0 Å². The van der Waals surface area contributed by atoms with E-state index in [1.165, 1.54) is 12.8 Å². The van der Waals surface area contributed by atoms with Crippen LogP contribution in [-0.4, -0.2) is 39.0 Å². The Balaban J connectivity index is 1.98. The van der Waals surface area contributed by atoms with Gasteiger partial charge in [-0.25, -0.2) is 0 Å². The Kier molecular flexibility index (Phi) is 4.18. The number of aromatic nitrogens is 2. The quantitative estimate of drug-likeness (QED) is 0.868. The zero-order chi connectivity index (χ0) is 12.3.